The van der Waals surface area contributed by atoms with E-state index >= 15 is 0 Å². The van der Waals surface area contributed by atoms with Gasteiger partial charge in [-0.2, -0.15) is 8.42 Å². The van der Waals surface area contributed by atoms with E-state index < -0.39 is 22.3 Å². The van der Waals surface area contributed by atoms with Gasteiger partial charge in [0.1, 0.15) is 66.9 Å². The van der Waals surface area contributed by atoms with E-state index in [1.54, 1.807) is 30.6 Å². The SMILES string of the molecule is C.C[C@H]1C[C@H](Nc2ncncc2C(=O)c2cc(CCl)cs2)C[C@@H]1CO.C[C@H]1C[C@H](Nc2ncncc2C(=O)c2cc(COc3ccccc3I)cs2)C[C@@H]1CO.NS(=O)(=O)OC[C@H]1C[C@@H](Nc2ncncc2C(=O)c2cc(COc3ccccc3I)cs2)C[C@@H]1O.Oc1ccccc1I. The molecule has 30 heteroatoms. The lowest BCUT2D eigenvalue weighted by atomic mass is 10.00. The van der Waals surface area contributed by atoms with Gasteiger partial charge in [-0.05, 0) is 206 Å². The Kier molecular flexibility index (Phi) is 30.5. The summed E-state index contributed by atoms with van der Waals surface area (Å²) in [6, 6.07) is 28.4. The number of hydrogen-bond donors (Lipinski definition) is 8. The van der Waals surface area contributed by atoms with Gasteiger partial charge in [-0.1, -0.05) is 57.7 Å². The van der Waals surface area contributed by atoms with Gasteiger partial charge in [0.2, 0.25) is 17.3 Å². The molecule has 0 saturated heterocycles. The fraction of sp³-hybridized carbons (Fsp3) is 0.348. The summed E-state index contributed by atoms with van der Waals surface area (Å²) in [5, 5.41) is 58.7. The average molecular weight is 1780 g/mol. The summed E-state index contributed by atoms with van der Waals surface area (Å²) < 4.78 is 41.4. The smallest absolute Gasteiger partial charge is 0.333 e. The number of aromatic nitrogens is 6. The highest BCUT2D eigenvalue weighted by molar-refractivity contribution is 14.1. The van der Waals surface area contributed by atoms with E-state index in [2.05, 4.69) is 132 Å². The van der Waals surface area contributed by atoms with Crippen LogP contribution < -0.4 is 30.6 Å². The number of anilines is 3. The monoisotopic (exact) mass is 1780 g/mol. The van der Waals surface area contributed by atoms with Gasteiger partial charge < -0.3 is 45.9 Å². The first-order chi connectivity index (χ1) is 47.2. The van der Waals surface area contributed by atoms with Crippen LogP contribution in [0.2, 0.25) is 0 Å². The lowest BCUT2D eigenvalue weighted by molar-refractivity contribution is 0.100. The van der Waals surface area contributed by atoms with Crippen molar-refractivity contribution in [2.45, 2.75) is 103 Å². The lowest BCUT2D eigenvalue weighted by Crippen LogP contribution is -2.24. The van der Waals surface area contributed by atoms with Gasteiger partial charge in [0.15, 0.2) is 0 Å². The van der Waals surface area contributed by atoms with Crippen molar-refractivity contribution in [1.29, 1.82) is 0 Å². The molecule has 3 aliphatic carbocycles. The zero-order valence-corrected chi connectivity index (χ0v) is 63.5. The van der Waals surface area contributed by atoms with Crippen LogP contribution in [0, 0.1) is 40.3 Å². The molecule has 0 aliphatic heterocycles. The highest BCUT2D eigenvalue weighted by Gasteiger charge is 2.36. The van der Waals surface area contributed by atoms with E-state index in [4.69, 9.17) is 31.3 Å². The molecule has 9 aromatic rings. The number of thiophene rings is 3. The predicted molar refractivity (Wildman–Crippen MR) is 411 cm³/mol. The number of aromatic hydroxyl groups is 1. The molecular formula is C69H76ClI3N10O12S4. The number of nitrogens with zero attached hydrogens (tertiary/aromatic N) is 6. The molecule has 12 rings (SSSR count). The first kappa shape index (κ1) is 78.8. The summed E-state index contributed by atoms with van der Waals surface area (Å²) in [6.07, 6.45) is 12.5. The summed E-state index contributed by atoms with van der Waals surface area (Å²) in [5.41, 5.74) is 4.01. The normalized spacial score (nSPS) is 19.9. The number of phenolic OH excluding ortho intramolecular Hbond substituents is 1. The number of ketones is 3. The second kappa shape index (κ2) is 38.3. The average Bonchev–Trinajstić information content (AvgIpc) is 1.76. The van der Waals surface area contributed by atoms with E-state index in [1.807, 2.05) is 88.9 Å². The quantitative estimate of drug-likeness (QED) is 0.0158. The second-order valence-corrected chi connectivity index (χ2v) is 31.4. The minimum absolute atomic E-state index is 0. The number of halogens is 4. The number of phenols is 1. The van der Waals surface area contributed by atoms with Crippen LogP contribution in [-0.4, -0.2) is 120 Å². The second-order valence-electron chi connectivity index (χ2n) is 23.7. The summed E-state index contributed by atoms with van der Waals surface area (Å²) in [4.78, 5) is 65.9. The zero-order valence-electron chi connectivity index (χ0n) is 53.0. The van der Waals surface area contributed by atoms with E-state index in [0.29, 0.717) is 104 Å². The summed E-state index contributed by atoms with van der Waals surface area (Å²) in [7, 11) is -4.09. The number of hydrogen-bond acceptors (Lipinski definition) is 24. The van der Waals surface area contributed by atoms with Gasteiger partial charge in [0.25, 0.3) is 0 Å². The number of aliphatic hydroxyl groups excluding tert-OH is 3. The van der Waals surface area contributed by atoms with Crippen molar-refractivity contribution in [3.8, 4) is 17.2 Å². The predicted octanol–water partition coefficient (Wildman–Crippen LogP) is 13.5. The standard InChI is InChI=1S/C23H24IN3O3S.C22H23IN4O6S2.C17H20ClN3O2S.C6H5IO.CH4/c1-14-6-17(8-16(14)10-28)27-23-18(9-25-13-26-23)22(29)21-7-15(12-31-21)11-30-20-5-3-2-4-19(20)24;23-17-3-1-2-4-19(17)32-9-13-5-20(34-11-13)21(29)16-8-25-12-26-22(16)27-15-6-14(18(28)7-15)10-33-35(24,30)31;1-10-2-13(4-12(10)7-22)21-17-14(6-19-9-20-17)16(23)15-3-11(5-18)8-24-15;7-5-3-1-2-4-6(5)8;/h2-5,7,9,12-14,16-17,28H,6,8,10-11H2,1H3,(H,25,26,27);1-5,8,11-12,14-15,18,28H,6-7,9-10H2,(H2,24,30,31)(H,25,26,27);3,6,8-10,12-13,22H,2,4-5,7H2,1H3,(H,19,20,21);1-4,8H;1H4/t14-,16+,17-;14-,15-,18+;10-,12+,13-;;/m010../s1. The molecule has 0 unspecified atom stereocenters. The minimum Gasteiger partial charge on any atom is -0.507 e. The Labute approximate surface area is 633 Å². The van der Waals surface area contributed by atoms with E-state index in [1.165, 1.54) is 59.2 Å². The lowest BCUT2D eigenvalue weighted by Gasteiger charge is -2.15. The Balaban J connectivity index is 0.000000180. The molecule has 0 bridgehead atoms. The Bertz CT molecular complexity index is 4230. The third kappa shape index (κ3) is 22.8. The van der Waals surface area contributed by atoms with Gasteiger partial charge in [0.05, 0.1) is 54.7 Å². The molecule has 9 N–H and O–H groups in total. The highest BCUT2D eigenvalue weighted by Crippen LogP contribution is 2.37. The Hall–Kier alpha value is -5.96. The van der Waals surface area contributed by atoms with Crippen molar-refractivity contribution in [2.24, 2.45) is 34.7 Å². The molecule has 526 valence electrons. The topological polar surface area (TPSA) is 333 Å². The molecule has 6 heterocycles. The van der Waals surface area contributed by atoms with Crippen molar-refractivity contribution in [1.82, 2.24) is 29.9 Å². The molecule has 0 amide bonds. The molecule has 99 heavy (non-hydrogen) atoms. The number of rotatable bonds is 24. The highest BCUT2D eigenvalue weighted by atomic mass is 127. The Morgan fingerprint density at radius 1 is 0.576 bits per heavy atom. The number of nitrogens with two attached hydrogens (primary N) is 1. The van der Waals surface area contributed by atoms with Crippen molar-refractivity contribution in [3.05, 3.63) is 203 Å². The molecule has 3 saturated carbocycles. The third-order valence-electron chi connectivity index (χ3n) is 16.7. The number of benzene rings is 3. The zero-order chi connectivity index (χ0) is 69.9. The first-order valence-electron chi connectivity index (χ1n) is 31.0. The van der Waals surface area contributed by atoms with Crippen LogP contribution >= 0.6 is 113 Å². The summed E-state index contributed by atoms with van der Waals surface area (Å²) in [6.45, 7) is 5.22. The van der Waals surface area contributed by atoms with Gasteiger partial charge in [-0.3, -0.25) is 18.6 Å². The number of carbonyl (C=O) groups excluding carboxylic acids is 3. The van der Waals surface area contributed by atoms with E-state index in [9.17, 15) is 38.1 Å². The fourth-order valence-electron chi connectivity index (χ4n) is 11.4. The van der Waals surface area contributed by atoms with Crippen LogP contribution in [0.3, 0.4) is 0 Å². The van der Waals surface area contributed by atoms with Crippen molar-refractivity contribution in [2.75, 3.05) is 35.8 Å². The third-order valence-corrected chi connectivity index (χ3v) is 23.1. The number of alkyl halides is 1. The Morgan fingerprint density at radius 2 is 0.949 bits per heavy atom. The van der Waals surface area contributed by atoms with Crippen LogP contribution in [0.25, 0.3) is 0 Å². The van der Waals surface area contributed by atoms with Gasteiger partial charge >= 0.3 is 10.3 Å². The molecule has 9 atom stereocenters. The van der Waals surface area contributed by atoms with Crippen molar-refractivity contribution in [3.63, 3.8) is 0 Å². The van der Waals surface area contributed by atoms with Gasteiger partial charge in [-0.15, -0.1) is 45.6 Å². The molecule has 6 aromatic heterocycles. The maximum absolute atomic E-state index is 13.2. The number of carbonyl (C=O) groups is 3. The van der Waals surface area contributed by atoms with Gasteiger partial charge in [0, 0.05) is 72.9 Å². The van der Waals surface area contributed by atoms with Gasteiger partial charge in [-0.25, -0.2) is 35.0 Å². The van der Waals surface area contributed by atoms with Crippen LogP contribution in [0.4, 0.5) is 17.5 Å². The molecule has 3 aliphatic rings. The Morgan fingerprint density at radius 3 is 1.30 bits per heavy atom. The van der Waals surface area contributed by atoms with Crippen molar-refractivity contribution < 1.29 is 56.9 Å². The fourth-order valence-corrected chi connectivity index (χ4v) is 16.1. The minimum atomic E-state index is -4.09. The summed E-state index contributed by atoms with van der Waals surface area (Å²) >= 11 is 16.4. The molecule has 0 radical (unpaired) electrons. The summed E-state index contributed by atoms with van der Waals surface area (Å²) in [5.74, 6) is 4.46. The molecule has 22 nitrogen and oxygen atoms in total. The molecule has 0 spiro atoms. The van der Waals surface area contributed by atoms with Crippen LogP contribution in [0.1, 0.15) is 122 Å². The largest absolute Gasteiger partial charge is 0.507 e. The maximum atomic E-state index is 13.2. The number of para-hydroxylation sites is 3. The van der Waals surface area contributed by atoms with Crippen molar-refractivity contribution >= 4 is 158 Å². The molecule has 3 aromatic carbocycles. The number of aliphatic hydroxyl groups is 3. The van der Waals surface area contributed by atoms with E-state index in [-0.39, 0.29) is 68.6 Å². The first-order valence-corrected chi connectivity index (χ1v) is 38.9. The van der Waals surface area contributed by atoms with Crippen LogP contribution in [0.15, 0.2) is 145 Å². The molecule has 3 fully saturated rings. The number of ether oxygens (including phenoxy) is 2. The number of nitrogens with one attached hydrogen (secondary N) is 3. The van der Waals surface area contributed by atoms with Crippen LogP contribution in [0.5, 0.6) is 17.2 Å². The van der Waals surface area contributed by atoms with Crippen LogP contribution in [-0.2, 0) is 33.6 Å². The van der Waals surface area contributed by atoms with E-state index in [0.717, 1.165) is 64.6 Å². The molecular weight excluding hydrogens is 1710 g/mol. The maximum Gasteiger partial charge on any atom is 0.333 e.